The van der Waals surface area contributed by atoms with E-state index in [1.54, 1.807) is 11.1 Å². The number of amides is 2. The zero-order valence-corrected chi connectivity index (χ0v) is 10.5. The van der Waals surface area contributed by atoms with Crippen molar-refractivity contribution >= 4 is 12.0 Å². The van der Waals surface area contributed by atoms with Crippen LogP contribution in [0.25, 0.3) is 0 Å². The van der Waals surface area contributed by atoms with Crippen LogP contribution in [0.4, 0.5) is 4.79 Å². The minimum atomic E-state index is -0.910. The highest BCUT2D eigenvalue weighted by atomic mass is 16.4. The monoisotopic (exact) mass is 261 g/mol. The van der Waals surface area contributed by atoms with Gasteiger partial charge in [0.25, 0.3) is 5.91 Å². The second-order valence-electron chi connectivity index (χ2n) is 4.97. The van der Waals surface area contributed by atoms with E-state index in [-0.39, 0.29) is 11.9 Å². The van der Waals surface area contributed by atoms with E-state index in [0.717, 1.165) is 18.4 Å². The zero-order valence-electron chi connectivity index (χ0n) is 10.5. The standard InChI is InChI=1S/C13H15N3O3/c17-12-11-9(3-1-5-14-11)7-16(12)10-4-2-6-15(8-10)13(18)19/h1,3,5,10H,2,4,6-8H2,(H,18,19). The predicted octanol–water partition coefficient (Wildman–Crippen LogP) is 1.18. The van der Waals surface area contributed by atoms with Gasteiger partial charge in [0.2, 0.25) is 0 Å². The highest BCUT2D eigenvalue weighted by molar-refractivity contribution is 5.96. The lowest BCUT2D eigenvalue weighted by Gasteiger charge is -2.36. The summed E-state index contributed by atoms with van der Waals surface area (Å²) in [4.78, 5) is 30.6. The molecule has 3 heterocycles. The van der Waals surface area contributed by atoms with Gasteiger partial charge in [0.1, 0.15) is 5.69 Å². The number of hydrogen-bond acceptors (Lipinski definition) is 3. The molecule has 0 aliphatic carbocycles. The number of aromatic nitrogens is 1. The summed E-state index contributed by atoms with van der Waals surface area (Å²) in [6, 6.07) is 3.68. The SMILES string of the molecule is O=C(O)N1CCCC(N2Cc3cccnc3C2=O)C1. The first-order chi connectivity index (χ1) is 9.16. The van der Waals surface area contributed by atoms with Crippen LogP contribution in [0, 0.1) is 0 Å². The van der Waals surface area contributed by atoms with Crippen LogP contribution in [0.3, 0.4) is 0 Å². The third-order valence-corrected chi connectivity index (χ3v) is 3.80. The molecule has 6 heteroatoms. The Balaban J connectivity index is 1.78. The van der Waals surface area contributed by atoms with E-state index in [2.05, 4.69) is 4.98 Å². The van der Waals surface area contributed by atoms with E-state index in [1.165, 1.54) is 4.90 Å². The summed E-state index contributed by atoms with van der Waals surface area (Å²) in [5.41, 5.74) is 1.44. The van der Waals surface area contributed by atoms with Crippen molar-refractivity contribution in [2.75, 3.05) is 13.1 Å². The summed E-state index contributed by atoms with van der Waals surface area (Å²) in [6.45, 7) is 1.49. The molecule has 1 atom stereocenters. The Labute approximate surface area is 110 Å². The number of rotatable bonds is 1. The number of fused-ring (bicyclic) bond motifs is 1. The van der Waals surface area contributed by atoms with Crippen LogP contribution in [0.2, 0.25) is 0 Å². The molecular formula is C13H15N3O3. The van der Waals surface area contributed by atoms with Gasteiger partial charge in [-0.2, -0.15) is 0 Å². The number of pyridine rings is 1. The summed E-state index contributed by atoms with van der Waals surface area (Å²) < 4.78 is 0. The molecule has 2 aliphatic rings. The first-order valence-electron chi connectivity index (χ1n) is 6.39. The van der Waals surface area contributed by atoms with E-state index in [9.17, 15) is 9.59 Å². The number of carbonyl (C=O) groups excluding carboxylic acids is 1. The zero-order chi connectivity index (χ0) is 13.4. The van der Waals surface area contributed by atoms with E-state index in [1.807, 2.05) is 12.1 Å². The molecule has 1 aromatic rings. The Morgan fingerprint density at radius 2 is 2.32 bits per heavy atom. The Kier molecular flexibility index (Phi) is 2.85. The van der Waals surface area contributed by atoms with Gasteiger partial charge in [0, 0.05) is 31.4 Å². The van der Waals surface area contributed by atoms with Crippen molar-refractivity contribution in [2.24, 2.45) is 0 Å². The lowest BCUT2D eigenvalue weighted by molar-refractivity contribution is 0.0556. The molecule has 1 saturated heterocycles. The maximum Gasteiger partial charge on any atom is 0.407 e. The fourth-order valence-electron chi connectivity index (χ4n) is 2.83. The molecule has 0 aromatic carbocycles. The lowest BCUT2D eigenvalue weighted by Crippen LogP contribution is -2.49. The number of carbonyl (C=O) groups is 2. The third-order valence-electron chi connectivity index (χ3n) is 3.80. The van der Waals surface area contributed by atoms with Crippen LogP contribution < -0.4 is 0 Å². The second kappa shape index (κ2) is 4.53. The molecule has 1 aromatic heterocycles. The largest absolute Gasteiger partial charge is 0.465 e. The number of carboxylic acid groups (broad SMARTS) is 1. The van der Waals surface area contributed by atoms with Crippen LogP contribution in [-0.2, 0) is 6.54 Å². The van der Waals surface area contributed by atoms with E-state index in [0.29, 0.717) is 25.3 Å². The molecule has 2 aliphatic heterocycles. The maximum absolute atomic E-state index is 12.3. The molecule has 100 valence electrons. The highest BCUT2D eigenvalue weighted by Crippen LogP contribution is 2.26. The Morgan fingerprint density at radius 1 is 1.47 bits per heavy atom. The van der Waals surface area contributed by atoms with Crippen LogP contribution in [0.1, 0.15) is 28.9 Å². The molecule has 3 rings (SSSR count). The van der Waals surface area contributed by atoms with Gasteiger partial charge >= 0.3 is 6.09 Å². The van der Waals surface area contributed by atoms with Gasteiger partial charge < -0.3 is 14.9 Å². The van der Waals surface area contributed by atoms with Gasteiger partial charge in [-0.15, -0.1) is 0 Å². The van der Waals surface area contributed by atoms with Gasteiger partial charge in [0.05, 0.1) is 6.04 Å². The van der Waals surface area contributed by atoms with Crippen molar-refractivity contribution in [3.05, 3.63) is 29.6 Å². The Bertz CT molecular complexity index is 532. The molecule has 0 spiro atoms. The molecule has 19 heavy (non-hydrogen) atoms. The van der Waals surface area contributed by atoms with Crippen molar-refractivity contribution in [1.29, 1.82) is 0 Å². The third kappa shape index (κ3) is 2.03. The maximum atomic E-state index is 12.3. The van der Waals surface area contributed by atoms with Crippen molar-refractivity contribution in [1.82, 2.24) is 14.8 Å². The van der Waals surface area contributed by atoms with Gasteiger partial charge in [-0.3, -0.25) is 9.78 Å². The fraction of sp³-hybridized carbons (Fsp3) is 0.462. The first kappa shape index (κ1) is 12.0. The second-order valence-corrected chi connectivity index (χ2v) is 4.97. The molecule has 1 unspecified atom stereocenters. The molecule has 2 amide bonds. The Hall–Kier alpha value is -2.11. The van der Waals surface area contributed by atoms with Crippen LogP contribution in [-0.4, -0.2) is 51.0 Å². The van der Waals surface area contributed by atoms with Crippen molar-refractivity contribution in [2.45, 2.75) is 25.4 Å². The average Bonchev–Trinajstić information content (AvgIpc) is 2.77. The minimum absolute atomic E-state index is 0.0356. The van der Waals surface area contributed by atoms with E-state index >= 15 is 0 Å². The quantitative estimate of drug-likeness (QED) is 0.823. The molecule has 6 nitrogen and oxygen atoms in total. The topological polar surface area (TPSA) is 73.7 Å². The number of hydrogen-bond donors (Lipinski definition) is 1. The number of nitrogens with zero attached hydrogens (tertiary/aromatic N) is 3. The normalized spacial score (nSPS) is 22.5. The Morgan fingerprint density at radius 3 is 3.05 bits per heavy atom. The summed E-state index contributed by atoms with van der Waals surface area (Å²) in [5.74, 6) is -0.0761. The molecule has 0 saturated carbocycles. The van der Waals surface area contributed by atoms with Gasteiger partial charge in [-0.1, -0.05) is 6.07 Å². The van der Waals surface area contributed by atoms with Crippen LogP contribution >= 0.6 is 0 Å². The summed E-state index contributed by atoms with van der Waals surface area (Å²) in [5, 5.41) is 9.05. The summed E-state index contributed by atoms with van der Waals surface area (Å²) >= 11 is 0. The minimum Gasteiger partial charge on any atom is -0.465 e. The van der Waals surface area contributed by atoms with Gasteiger partial charge in [-0.25, -0.2) is 4.79 Å². The molecule has 0 bridgehead atoms. The number of likely N-dealkylation sites (tertiary alicyclic amines) is 1. The van der Waals surface area contributed by atoms with E-state index < -0.39 is 6.09 Å². The van der Waals surface area contributed by atoms with Crippen LogP contribution in [0.5, 0.6) is 0 Å². The van der Waals surface area contributed by atoms with Crippen molar-refractivity contribution in [3.63, 3.8) is 0 Å². The fourth-order valence-corrected chi connectivity index (χ4v) is 2.83. The highest BCUT2D eigenvalue weighted by Gasteiger charge is 2.36. The summed E-state index contributed by atoms with van der Waals surface area (Å²) in [7, 11) is 0. The lowest BCUT2D eigenvalue weighted by atomic mass is 10.0. The van der Waals surface area contributed by atoms with Gasteiger partial charge in [-0.05, 0) is 18.9 Å². The average molecular weight is 261 g/mol. The predicted molar refractivity (Wildman–Crippen MR) is 66.7 cm³/mol. The van der Waals surface area contributed by atoms with Gasteiger partial charge in [0.15, 0.2) is 0 Å². The summed E-state index contributed by atoms with van der Waals surface area (Å²) in [6.07, 6.45) is 2.35. The number of piperidine rings is 1. The molecule has 0 radical (unpaired) electrons. The van der Waals surface area contributed by atoms with Crippen molar-refractivity contribution < 1.29 is 14.7 Å². The molecule has 1 N–H and O–H groups in total. The smallest absolute Gasteiger partial charge is 0.407 e. The molecule has 1 fully saturated rings. The first-order valence-corrected chi connectivity index (χ1v) is 6.39. The molecular weight excluding hydrogens is 246 g/mol. The van der Waals surface area contributed by atoms with E-state index in [4.69, 9.17) is 5.11 Å². The van der Waals surface area contributed by atoms with Crippen LogP contribution in [0.15, 0.2) is 18.3 Å². The van der Waals surface area contributed by atoms with Crippen molar-refractivity contribution in [3.8, 4) is 0 Å².